The molecule has 2 aliphatic heterocycles. The van der Waals surface area contributed by atoms with Crippen molar-refractivity contribution >= 4 is 0 Å². The molecule has 1 aliphatic carbocycles. The highest BCUT2D eigenvalue weighted by atomic mass is 16.5. The van der Waals surface area contributed by atoms with Gasteiger partial charge in [-0.2, -0.15) is 0 Å². The fourth-order valence-electron chi connectivity index (χ4n) is 4.33. The van der Waals surface area contributed by atoms with Crippen LogP contribution in [0.5, 0.6) is 0 Å². The molecule has 4 nitrogen and oxygen atoms in total. The molecule has 1 saturated carbocycles. The second kappa shape index (κ2) is 7.05. The van der Waals surface area contributed by atoms with Crippen molar-refractivity contribution in [2.75, 3.05) is 26.8 Å². The SMILES string of the molecule is COCCNC1C(C2CCC(C)CC2)CN2C=CC=C(C)N12. The standard InChI is InChI=1S/C18H31N3O/c1-14-6-8-16(9-7-14)17-13-20-11-4-5-15(2)21(20)18(17)19-10-12-22-3/h4-5,11,14,16-19H,6-10,12-13H2,1-3H3. The van der Waals surface area contributed by atoms with Gasteiger partial charge in [0.15, 0.2) is 0 Å². The molecule has 0 aromatic carbocycles. The molecule has 0 bridgehead atoms. The first kappa shape index (κ1) is 15.9. The van der Waals surface area contributed by atoms with Gasteiger partial charge in [-0.1, -0.05) is 19.8 Å². The summed E-state index contributed by atoms with van der Waals surface area (Å²) in [6, 6.07) is 0. The Morgan fingerprint density at radius 3 is 2.77 bits per heavy atom. The predicted molar refractivity (Wildman–Crippen MR) is 89.7 cm³/mol. The lowest BCUT2D eigenvalue weighted by Gasteiger charge is -2.38. The topological polar surface area (TPSA) is 27.7 Å². The minimum absolute atomic E-state index is 0.412. The average Bonchev–Trinajstić information content (AvgIpc) is 2.88. The zero-order chi connectivity index (χ0) is 15.5. The van der Waals surface area contributed by atoms with E-state index in [9.17, 15) is 0 Å². The number of ether oxygens (including phenoxy) is 1. The van der Waals surface area contributed by atoms with Crippen LogP contribution < -0.4 is 5.32 Å². The molecule has 2 unspecified atom stereocenters. The van der Waals surface area contributed by atoms with Gasteiger partial charge in [-0.15, -0.1) is 0 Å². The van der Waals surface area contributed by atoms with Gasteiger partial charge in [-0.3, -0.25) is 15.3 Å². The number of allylic oxidation sites excluding steroid dienone is 3. The van der Waals surface area contributed by atoms with Crippen LogP contribution in [0.4, 0.5) is 0 Å². The molecule has 2 fully saturated rings. The molecule has 0 aromatic heterocycles. The maximum atomic E-state index is 5.24. The minimum Gasteiger partial charge on any atom is -0.383 e. The molecular formula is C18H31N3O. The number of nitrogens with one attached hydrogen (secondary N) is 1. The fraction of sp³-hybridized carbons (Fsp3) is 0.778. The van der Waals surface area contributed by atoms with Crippen molar-refractivity contribution in [3.8, 4) is 0 Å². The molecule has 1 N–H and O–H groups in total. The van der Waals surface area contributed by atoms with Gasteiger partial charge in [0.05, 0.1) is 6.61 Å². The summed E-state index contributed by atoms with van der Waals surface area (Å²) >= 11 is 0. The van der Waals surface area contributed by atoms with Crippen molar-refractivity contribution in [3.05, 3.63) is 24.0 Å². The zero-order valence-electron chi connectivity index (χ0n) is 14.3. The molecule has 3 rings (SSSR count). The summed E-state index contributed by atoms with van der Waals surface area (Å²) in [6.45, 7) is 7.46. The minimum atomic E-state index is 0.412. The lowest BCUT2D eigenvalue weighted by atomic mass is 9.75. The molecule has 124 valence electrons. The third-order valence-electron chi connectivity index (χ3n) is 5.63. The first-order chi connectivity index (χ1) is 10.7. The van der Waals surface area contributed by atoms with Crippen LogP contribution in [0, 0.1) is 17.8 Å². The highest BCUT2D eigenvalue weighted by molar-refractivity contribution is 5.17. The maximum Gasteiger partial charge on any atom is 0.105 e. The molecule has 2 heterocycles. The Labute approximate surface area is 135 Å². The molecule has 4 heteroatoms. The van der Waals surface area contributed by atoms with E-state index in [1.807, 2.05) is 0 Å². The third kappa shape index (κ3) is 3.18. The Hall–Kier alpha value is -1.00. The Kier molecular flexibility index (Phi) is 5.09. The number of hydrazine groups is 1. The molecular weight excluding hydrogens is 274 g/mol. The van der Waals surface area contributed by atoms with Crippen molar-refractivity contribution in [1.82, 2.24) is 15.3 Å². The van der Waals surface area contributed by atoms with Crippen LogP contribution in [0.15, 0.2) is 24.0 Å². The van der Waals surface area contributed by atoms with Crippen LogP contribution >= 0.6 is 0 Å². The largest absolute Gasteiger partial charge is 0.383 e. The zero-order valence-corrected chi connectivity index (χ0v) is 14.3. The first-order valence-corrected chi connectivity index (χ1v) is 8.84. The van der Waals surface area contributed by atoms with Crippen molar-refractivity contribution in [2.45, 2.75) is 45.7 Å². The van der Waals surface area contributed by atoms with E-state index in [1.54, 1.807) is 7.11 Å². The number of nitrogens with zero attached hydrogens (tertiary/aromatic N) is 2. The van der Waals surface area contributed by atoms with Crippen LogP contribution in [0.25, 0.3) is 0 Å². The van der Waals surface area contributed by atoms with Crippen LogP contribution in [-0.2, 0) is 4.74 Å². The highest BCUT2D eigenvalue weighted by Gasteiger charge is 2.43. The summed E-state index contributed by atoms with van der Waals surface area (Å²) in [5.74, 6) is 2.47. The van der Waals surface area contributed by atoms with Gasteiger partial charge in [0.2, 0.25) is 0 Å². The summed E-state index contributed by atoms with van der Waals surface area (Å²) in [5, 5.41) is 8.62. The second-order valence-corrected chi connectivity index (χ2v) is 7.19. The molecule has 1 saturated heterocycles. The third-order valence-corrected chi connectivity index (χ3v) is 5.63. The number of rotatable bonds is 5. The van der Waals surface area contributed by atoms with Crippen molar-refractivity contribution in [2.24, 2.45) is 17.8 Å². The van der Waals surface area contributed by atoms with Gasteiger partial charge in [0.25, 0.3) is 0 Å². The van der Waals surface area contributed by atoms with E-state index in [4.69, 9.17) is 4.74 Å². The molecule has 22 heavy (non-hydrogen) atoms. The summed E-state index contributed by atoms with van der Waals surface area (Å²) in [6.07, 6.45) is 12.6. The smallest absolute Gasteiger partial charge is 0.105 e. The monoisotopic (exact) mass is 305 g/mol. The van der Waals surface area contributed by atoms with E-state index >= 15 is 0 Å². The van der Waals surface area contributed by atoms with E-state index < -0.39 is 0 Å². The molecule has 2 atom stereocenters. The van der Waals surface area contributed by atoms with E-state index in [0.29, 0.717) is 12.1 Å². The van der Waals surface area contributed by atoms with Crippen molar-refractivity contribution in [1.29, 1.82) is 0 Å². The van der Waals surface area contributed by atoms with Crippen molar-refractivity contribution < 1.29 is 4.74 Å². The van der Waals surface area contributed by atoms with Gasteiger partial charge >= 0.3 is 0 Å². The van der Waals surface area contributed by atoms with E-state index in [0.717, 1.165) is 31.5 Å². The summed E-state index contributed by atoms with van der Waals surface area (Å²) in [7, 11) is 1.78. The van der Waals surface area contributed by atoms with Crippen LogP contribution in [0.3, 0.4) is 0 Å². The Morgan fingerprint density at radius 1 is 1.27 bits per heavy atom. The molecule has 0 spiro atoms. The van der Waals surface area contributed by atoms with Gasteiger partial charge in [0.1, 0.15) is 6.17 Å². The van der Waals surface area contributed by atoms with Gasteiger partial charge < -0.3 is 4.74 Å². The van der Waals surface area contributed by atoms with Gasteiger partial charge in [-0.25, -0.2) is 0 Å². The summed E-state index contributed by atoms with van der Waals surface area (Å²) < 4.78 is 5.24. The quantitative estimate of drug-likeness (QED) is 0.790. The van der Waals surface area contributed by atoms with Crippen LogP contribution in [-0.4, -0.2) is 43.0 Å². The van der Waals surface area contributed by atoms with E-state index in [1.165, 1.54) is 31.4 Å². The Balaban J connectivity index is 1.72. The lowest BCUT2D eigenvalue weighted by molar-refractivity contribution is 0.0556. The normalized spacial score (nSPS) is 34.8. The molecule has 0 radical (unpaired) electrons. The number of fused-ring (bicyclic) bond motifs is 1. The molecule has 3 aliphatic rings. The second-order valence-electron chi connectivity index (χ2n) is 7.19. The summed E-state index contributed by atoms with van der Waals surface area (Å²) in [5.41, 5.74) is 1.34. The fourth-order valence-corrected chi connectivity index (χ4v) is 4.33. The first-order valence-electron chi connectivity index (χ1n) is 8.84. The van der Waals surface area contributed by atoms with Gasteiger partial charge in [-0.05, 0) is 43.8 Å². The molecule has 0 aromatic rings. The van der Waals surface area contributed by atoms with Gasteiger partial charge in [0, 0.05) is 38.0 Å². The summed E-state index contributed by atoms with van der Waals surface area (Å²) in [4.78, 5) is 0. The number of methoxy groups -OCH3 is 1. The predicted octanol–water partition coefficient (Wildman–Crippen LogP) is 2.95. The molecule has 0 amide bonds. The van der Waals surface area contributed by atoms with Crippen LogP contribution in [0.2, 0.25) is 0 Å². The van der Waals surface area contributed by atoms with E-state index in [2.05, 4.69) is 47.5 Å². The van der Waals surface area contributed by atoms with Crippen LogP contribution in [0.1, 0.15) is 39.5 Å². The maximum absolute atomic E-state index is 5.24. The van der Waals surface area contributed by atoms with Crippen molar-refractivity contribution in [3.63, 3.8) is 0 Å². The Morgan fingerprint density at radius 2 is 2.05 bits per heavy atom. The number of hydrogen-bond acceptors (Lipinski definition) is 4. The average molecular weight is 305 g/mol. The number of hydrogen-bond donors (Lipinski definition) is 1. The van der Waals surface area contributed by atoms with E-state index in [-0.39, 0.29) is 0 Å². The lowest BCUT2D eigenvalue weighted by Crippen LogP contribution is -2.49. The highest BCUT2D eigenvalue weighted by Crippen LogP contribution is 2.40. The Bertz CT molecular complexity index is 426.